The molecule has 138 valence electrons. The predicted molar refractivity (Wildman–Crippen MR) is 104 cm³/mol. The Morgan fingerprint density at radius 2 is 1.70 bits per heavy atom. The molecule has 0 fully saturated rings. The zero-order valence-electron chi connectivity index (χ0n) is 15.3. The number of carbonyl (C=O) groups excluding carboxylic acids is 2. The largest absolute Gasteiger partial charge is 0.448 e. The summed E-state index contributed by atoms with van der Waals surface area (Å²) in [6.07, 6.45) is -1.02. The van der Waals surface area contributed by atoms with Gasteiger partial charge in [0.2, 0.25) is 0 Å². The van der Waals surface area contributed by atoms with Crippen LogP contribution in [0.2, 0.25) is 0 Å². The normalized spacial score (nSPS) is 11.8. The van der Waals surface area contributed by atoms with Crippen molar-refractivity contribution in [3.05, 3.63) is 75.7 Å². The second-order valence-electron chi connectivity index (χ2n) is 6.40. The fourth-order valence-corrected chi connectivity index (χ4v) is 2.83. The third-order valence-corrected chi connectivity index (χ3v) is 4.36. The van der Waals surface area contributed by atoms with Gasteiger partial charge in [-0.15, -0.1) is 0 Å². The number of aromatic nitrogens is 1. The van der Waals surface area contributed by atoms with E-state index in [2.05, 4.69) is 10.3 Å². The summed E-state index contributed by atoms with van der Waals surface area (Å²) in [7, 11) is 0. The first kappa shape index (κ1) is 18.4. The van der Waals surface area contributed by atoms with Crippen molar-refractivity contribution in [1.82, 2.24) is 4.98 Å². The number of hydrogen-bond acceptors (Lipinski definition) is 4. The SMILES string of the molecule is Cc1cccc(C)c1NC(=O)[C@H](C)OC(=O)c1cc2ccccc2c(=O)[nH]1. The second kappa shape index (κ2) is 7.45. The quantitative estimate of drug-likeness (QED) is 0.695. The van der Waals surface area contributed by atoms with Crippen LogP contribution in [-0.4, -0.2) is 23.0 Å². The van der Waals surface area contributed by atoms with Crippen molar-refractivity contribution in [3.8, 4) is 0 Å². The molecule has 0 aliphatic carbocycles. The number of aromatic amines is 1. The molecule has 0 saturated carbocycles. The number of anilines is 1. The molecule has 0 radical (unpaired) electrons. The molecule has 1 heterocycles. The van der Waals surface area contributed by atoms with Gasteiger partial charge >= 0.3 is 5.97 Å². The first-order valence-corrected chi connectivity index (χ1v) is 8.57. The van der Waals surface area contributed by atoms with Crippen molar-refractivity contribution in [1.29, 1.82) is 0 Å². The van der Waals surface area contributed by atoms with Crippen LogP contribution in [-0.2, 0) is 9.53 Å². The van der Waals surface area contributed by atoms with Crippen LogP contribution in [0.4, 0.5) is 5.69 Å². The summed E-state index contributed by atoms with van der Waals surface area (Å²) in [6, 6.07) is 14.1. The number of hydrogen-bond donors (Lipinski definition) is 2. The number of benzene rings is 2. The Morgan fingerprint density at radius 1 is 1.04 bits per heavy atom. The van der Waals surface area contributed by atoms with Gasteiger partial charge in [0, 0.05) is 11.1 Å². The first-order chi connectivity index (χ1) is 12.9. The molecule has 0 bridgehead atoms. The highest BCUT2D eigenvalue weighted by Gasteiger charge is 2.21. The van der Waals surface area contributed by atoms with Crippen LogP contribution < -0.4 is 10.9 Å². The molecule has 0 aliphatic rings. The van der Waals surface area contributed by atoms with E-state index in [4.69, 9.17) is 4.74 Å². The van der Waals surface area contributed by atoms with Crippen molar-refractivity contribution in [2.75, 3.05) is 5.32 Å². The van der Waals surface area contributed by atoms with Crippen molar-refractivity contribution in [3.63, 3.8) is 0 Å². The Balaban J connectivity index is 1.75. The van der Waals surface area contributed by atoms with Crippen molar-refractivity contribution >= 4 is 28.3 Å². The number of amides is 1. The van der Waals surface area contributed by atoms with Crippen LogP contribution in [0.25, 0.3) is 10.8 Å². The van der Waals surface area contributed by atoms with Gasteiger partial charge in [-0.05, 0) is 49.4 Å². The molecular weight excluding hydrogens is 344 g/mol. The molecule has 2 N–H and O–H groups in total. The second-order valence-corrected chi connectivity index (χ2v) is 6.40. The Morgan fingerprint density at radius 3 is 2.41 bits per heavy atom. The van der Waals surface area contributed by atoms with Crippen LogP contribution >= 0.6 is 0 Å². The number of rotatable bonds is 4. The van der Waals surface area contributed by atoms with Crippen LogP contribution in [0.3, 0.4) is 0 Å². The topological polar surface area (TPSA) is 88.3 Å². The van der Waals surface area contributed by atoms with E-state index < -0.39 is 18.0 Å². The molecule has 6 heteroatoms. The van der Waals surface area contributed by atoms with E-state index in [1.165, 1.54) is 13.0 Å². The Hall–Kier alpha value is -3.41. The third-order valence-electron chi connectivity index (χ3n) is 4.36. The van der Waals surface area contributed by atoms with E-state index in [0.29, 0.717) is 16.5 Å². The predicted octanol–water partition coefficient (Wildman–Crippen LogP) is 3.33. The Kier molecular flexibility index (Phi) is 5.07. The minimum atomic E-state index is -1.02. The number of para-hydroxylation sites is 1. The van der Waals surface area contributed by atoms with Crippen molar-refractivity contribution < 1.29 is 14.3 Å². The average molecular weight is 364 g/mol. The molecule has 6 nitrogen and oxygen atoms in total. The van der Waals surface area contributed by atoms with Crippen molar-refractivity contribution in [2.24, 2.45) is 0 Å². The number of fused-ring (bicyclic) bond motifs is 1. The summed E-state index contributed by atoms with van der Waals surface area (Å²) in [5.74, 6) is -1.20. The highest BCUT2D eigenvalue weighted by atomic mass is 16.5. The molecule has 0 aliphatic heterocycles. The van der Waals surface area contributed by atoms with Gasteiger partial charge in [-0.3, -0.25) is 9.59 Å². The lowest BCUT2D eigenvalue weighted by Crippen LogP contribution is -2.31. The van der Waals surface area contributed by atoms with Gasteiger partial charge in [0.25, 0.3) is 11.5 Å². The lowest BCUT2D eigenvalue weighted by Gasteiger charge is -2.16. The van der Waals surface area contributed by atoms with E-state index >= 15 is 0 Å². The van der Waals surface area contributed by atoms with Gasteiger partial charge < -0.3 is 15.0 Å². The van der Waals surface area contributed by atoms with E-state index in [1.54, 1.807) is 24.3 Å². The van der Waals surface area contributed by atoms with Gasteiger partial charge in [0.15, 0.2) is 6.10 Å². The monoisotopic (exact) mass is 364 g/mol. The van der Waals surface area contributed by atoms with E-state index in [1.807, 2.05) is 32.0 Å². The van der Waals surface area contributed by atoms with E-state index in [9.17, 15) is 14.4 Å². The Labute approximate surface area is 156 Å². The van der Waals surface area contributed by atoms with Crippen LogP contribution in [0.1, 0.15) is 28.5 Å². The van der Waals surface area contributed by atoms with E-state index in [0.717, 1.165) is 11.1 Å². The molecule has 0 unspecified atom stereocenters. The zero-order chi connectivity index (χ0) is 19.6. The number of esters is 1. The number of H-pyrrole nitrogens is 1. The maximum absolute atomic E-state index is 12.4. The van der Waals surface area contributed by atoms with Crippen LogP contribution in [0, 0.1) is 13.8 Å². The maximum Gasteiger partial charge on any atom is 0.355 e. The number of carbonyl (C=O) groups is 2. The molecular formula is C21H20N2O4. The average Bonchev–Trinajstić information content (AvgIpc) is 2.64. The molecule has 0 spiro atoms. The standard InChI is InChI=1S/C21H20N2O4/c1-12-7-6-8-13(2)18(12)23-19(24)14(3)27-21(26)17-11-15-9-4-5-10-16(15)20(25)22-17/h4-11,14H,1-3H3,(H,22,25)(H,23,24)/t14-/m0/s1. The van der Waals surface area contributed by atoms with Crippen LogP contribution in [0.15, 0.2) is 53.3 Å². The lowest BCUT2D eigenvalue weighted by atomic mass is 10.1. The molecule has 3 aromatic rings. The summed E-state index contributed by atoms with van der Waals surface area (Å²) < 4.78 is 5.23. The maximum atomic E-state index is 12.4. The van der Waals surface area contributed by atoms with Gasteiger partial charge in [0.05, 0.1) is 0 Å². The van der Waals surface area contributed by atoms with Gasteiger partial charge in [0.1, 0.15) is 5.69 Å². The van der Waals surface area contributed by atoms with Gasteiger partial charge in [-0.2, -0.15) is 0 Å². The smallest absolute Gasteiger partial charge is 0.355 e. The molecule has 1 amide bonds. The first-order valence-electron chi connectivity index (χ1n) is 8.57. The minimum Gasteiger partial charge on any atom is -0.448 e. The molecule has 27 heavy (non-hydrogen) atoms. The summed E-state index contributed by atoms with van der Waals surface area (Å²) in [4.78, 5) is 39.4. The number of nitrogens with one attached hydrogen (secondary N) is 2. The summed E-state index contributed by atoms with van der Waals surface area (Å²) in [5, 5.41) is 3.90. The molecule has 2 aromatic carbocycles. The highest BCUT2D eigenvalue weighted by Crippen LogP contribution is 2.20. The van der Waals surface area contributed by atoms with Crippen molar-refractivity contribution in [2.45, 2.75) is 26.9 Å². The molecule has 0 saturated heterocycles. The Bertz CT molecular complexity index is 1060. The fourth-order valence-electron chi connectivity index (χ4n) is 2.83. The summed E-state index contributed by atoms with van der Waals surface area (Å²) in [5.41, 5.74) is 2.16. The zero-order valence-corrected chi connectivity index (χ0v) is 15.3. The lowest BCUT2D eigenvalue weighted by molar-refractivity contribution is -0.123. The summed E-state index contributed by atoms with van der Waals surface area (Å²) >= 11 is 0. The minimum absolute atomic E-state index is 0.00502. The van der Waals surface area contributed by atoms with Gasteiger partial charge in [-0.25, -0.2) is 4.79 Å². The summed E-state index contributed by atoms with van der Waals surface area (Å²) in [6.45, 7) is 5.26. The van der Waals surface area contributed by atoms with Gasteiger partial charge in [-0.1, -0.05) is 36.4 Å². The van der Waals surface area contributed by atoms with E-state index in [-0.39, 0.29) is 11.3 Å². The van der Waals surface area contributed by atoms with Crippen LogP contribution in [0.5, 0.6) is 0 Å². The molecule has 3 rings (SSSR count). The number of ether oxygens (including phenoxy) is 1. The number of aryl methyl sites for hydroxylation is 2. The molecule has 1 aromatic heterocycles. The number of pyridine rings is 1. The molecule has 1 atom stereocenters. The highest BCUT2D eigenvalue weighted by molar-refractivity contribution is 5.98. The third kappa shape index (κ3) is 3.89. The fraction of sp³-hybridized carbons (Fsp3) is 0.190.